The van der Waals surface area contributed by atoms with Gasteiger partial charge in [0.15, 0.2) is 0 Å². The number of esters is 1. The number of benzene rings is 1. The van der Waals surface area contributed by atoms with Crippen molar-refractivity contribution >= 4 is 17.7 Å². The maximum Gasteiger partial charge on any atom is 0.340 e. The van der Waals surface area contributed by atoms with Gasteiger partial charge in [0, 0.05) is 32.2 Å². The van der Waals surface area contributed by atoms with Gasteiger partial charge in [-0.2, -0.15) is 0 Å². The lowest BCUT2D eigenvalue weighted by atomic mass is 10.1. The Balaban J connectivity index is 1.56. The molecule has 0 bridgehead atoms. The van der Waals surface area contributed by atoms with Gasteiger partial charge >= 0.3 is 12.0 Å². The number of piperazine rings is 1. The molecule has 1 aromatic rings. The third-order valence-corrected chi connectivity index (χ3v) is 5.49. The third kappa shape index (κ3) is 5.15. The van der Waals surface area contributed by atoms with Crippen molar-refractivity contribution in [2.45, 2.75) is 51.5 Å². The van der Waals surface area contributed by atoms with Crippen LogP contribution >= 0.6 is 0 Å². The number of urea groups is 1. The number of carbonyl (C=O) groups excluding carboxylic acids is 2. The summed E-state index contributed by atoms with van der Waals surface area (Å²) in [5, 5.41) is 3.22. The zero-order valence-electron chi connectivity index (χ0n) is 16.3. The zero-order valence-corrected chi connectivity index (χ0v) is 16.3. The quantitative estimate of drug-likeness (QED) is 0.649. The minimum atomic E-state index is -0.290. The van der Waals surface area contributed by atoms with Crippen LogP contribution in [0.25, 0.3) is 0 Å². The predicted octanol–water partition coefficient (Wildman–Crippen LogP) is 3.42. The second-order valence-electron chi connectivity index (χ2n) is 7.35. The normalized spacial score (nSPS) is 18.7. The van der Waals surface area contributed by atoms with Gasteiger partial charge in [-0.3, -0.25) is 0 Å². The van der Waals surface area contributed by atoms with Crippen molar-refractivity contribution in [3.63, 3.8) is 0 Å². The average molecular weight is 373 g/mol. The van der Waals surface area contributed by atoms with Crippen LogP contribution in [0.1, 0.15) is 55.8 Å². The predicted molar refractivity (Wildman–Crippen MR) is 106 cm³/mol. The summed E-state index contributed by atoms with van der Waals surface area (Å²) in [5.41, 5.74) is 1.48. The fourth-order valence-corrected chi connectivity index (χ4v) is 3.97. The molecule has 6 heteroatoms. The maximum absolute atomic E-state index is 12.6. The van der Waals surface area contributed by atoms with Crippen LogP contribution in [0.4, 0.5) is 10.5 Å². The Bertz CT molecular complexity index is 633. The molecule has 1 aliphatic carbocycles. The molecule has 1 heterocycles. The molecule has 27 heavy (non-hydrogen) atoms. The van der Waals surface area contributed by atoms with E-state index in [-0.39, 0.29) is 12.0 Å². The molecule has 6 nitrogen and oxygen atoms in total. The molecule has 148 valence electrons. The van der Waals surface area contributed by atoms with Gasteiger partial charge in [0.25, 0.3) is 0 Å². The van der Waals surface area contributed by atoms with Crippen molar-refractivity contribution in [1.82, 2.24) is 10.2 Å². The summed E-state index contributed by atoms with van der Waals surface area (Å²) < 4.78 is 5.17. The van der Waals surface area contributed by atoms with Crippen LogP contribution in [0.5, 0.6) is 0 Å². The summed E-state index contributed by atoms with van der Waals surface area (Å²) in [6.45, 7) is 4.93. The molecule has 1 saturated heterocycles. The second-order valence-corrected chi connectivity index (χ2v) is 7.35. The second kappa shape index (κ2) is 9.62. The van der Waals surface area contributed by atoms with Crippen molar-refractivity contribution in [3.8, 4) is 0 Å². The van der Waals surface area contributed by atoms with E-state index in [1.54, 1.807) is 6.07 Å². The van der Waals surface area contributed by atoms with E-state index in [0.717, 1.165) is 18.5 Å². The molecule has 2 fully saturated rings. The van der Waals surface area contributed by atoms with Crippen LogP contribution in [-0.4, -0.2) is 55.7 Å². The molecule has 0 aromatic heterocycles. The van der Waals surface area contributed by atoms with E-state index in [1.807, 2.05) is 30.0 Å². The molecular weight excluding hydrogens is 342 g/mol. The monoisotopic (exact) mass is 373 g/mol. The van der Waals surface area contributed by atoms with Crippen molar-refractivity contribution in [3.05, 3.63) is 29.8 Å². The highest BCUT2D eigenvalue weighted by Gasteiger charge is 2.25. The fourth-order valence-electron chi connectivity index (χ4n) is 3.97. The number of anilines is 1. The van der Waals surface area contributed by atoms with Gasteiger partial charge in [-0.25, -0.2) is 9.59 Å². The van der Waals surface area contributed by atoms with Crippen LogP contribution in [-0.2, 0) is 4.74 Å². The Kier molecular flexibility index (Phi) is 6.96. The lowest BCUT2D eigenvalue weighted by Crippen LogP contribution is -2.53. The summed E-state index contributed by atoms with van der Waals surface area (Å²) in [5.74, 6) is -0.290. The Labute approximate surface area is 161 Å². The van der Waals surface area contributed by atoms with E-state index >= 15 is 0 Å². The van der Waals surface area contributed by atoms with E-state index in [2.05, 4.69) is 10.2 Å². The number of nitrogens with zero attached hydrogens (tertiary/aromatic N) is 2. The van der Waals surface area contributed by atoms with Gasteiger partial charge in [0.05, 0.1) is 17.9 Å². The van der Waals surface area contributed by atoms with Gasteiger partial charge in [0.1, 0.15) is 0 Å². The maximum atomic E-state index is 12.6. The Hall–Kier alpha value is -2.24. The summed E-state index contributed by atoms with van der Waals surface area (Å²) in [7, 11) is 0. The SMILES string of the molecule is CCOC(=O)c1ccccc1N1CCN(C(=O)NC2CCCCCC2)CC1. The van der Waals surface area contributed by atoms with Crippen molar-refractivity contribution < 1.29 is 14.3 Å². The Morgan fingerprint density at radius 1 is 1.04 bits per heavy atom. The molecule has 0 atom stereocenters. The molecule has 1 N–H and O–H groups in total. The first-order valence-corrected chi connectivity index (χ1v) is 10.3. The molecular formula is C21H31N3O3. The molecule has 2 amide bonds. The van der Waals surface area contributed by atoms with E-state index in [0.29, 0.717) is 44.4 Å². The Morgan fingerprint density at radius 3 is 2.37 bits per heavy atom. The van der Waals surface area contributed by atoms with Gasteiger partial charge in [0.2, 0.25) is 0 Å². The molecule has 2 aliphatic rings. The van der Waals surface area contributed by atoms with E-state index in [4.69, 9.17) is 4.74 Å². The first-order valence-electron chi connectivity index (χ1n) is 10.3. The van der Waals surface area contributed by atoms with Crippen LogP contribution in [0.3, 0.4) is 0 Å². The van der Waals surface area contributed by atoms with Crippen molar-refractivity contribution in [2.24, 2.45) is 0 Å². The summed E-state index contributed by atoms with van der Waals surface area (Å²) in [6.07, 6.45) is 7.18. The number of para-hydroxylation sites is 1. The number of carbonyl (C=O) groups is 2. The highest BCUT2D eigenvalue weighted by Crippen LogP contribution is 2.23. The van der Waals surface area contributed by atoms with Crippen LogP contribution in [0.15, 0.2) is 24.3 Å². The minimum Gasteiger partial charge on any atom is -0.462 e. The standard InChI is InChI=1S/C21H31N3O3/c1-2-27-20(25)18-11-7-8-12-19(18)23-13-15-24(16-14-23)21(26)22-17-9-5-3-4-6-10-17/h7-8,11-12,17H,2-6,9-10,13-16H2,1H3,(H,22,26). The molecule has 0 unspecified atom stereocenters. The lowest BCUT2D eigenvalue weighted by molar-refractivity contribution is 0.0527. The van der Waals surface area contributed by atoms with Crippen LogP contribution in [0, 0.1) is 0 Å². The van der Waals surface area contributed by atoms with Crippen LogP contribution < -0.4 is 10.2 Å². The Morgan fingerprint density at radius 2 is 1.70 bits per heavy atom. The first kappa shape index (κ1) is 19.5. The summed E-state index contributed by atoms with van der Waals surface area (Å²) in [4.78, 5) is 28.9. The van der Waals surface area contributed by atoms with Gasteiger partial charge in [-0.1, -0.05) is 37.8 Å². The lowest BCUT2D eigenvalue weighted by Gasteiger charge is -2.37. The largest absolute Gasteiger partial charge is 0.462 e. The highest BCUT2D eigenvalue weighted by atomic mass is 16.5. The number of hydrogen-bond donors (Lipinski definition) is 1. The van der Waals surface area contributed by atoms with Gasteiger partial charge in [-0.05, 0) is 31.9 Å². The molecule has 1 aliphatic heterocycles. The smallest absolute Gasteiger partial charge is 0.340 e. The van der Waals surface area contributed by atoms with Crippen molar-refractivity contribution in [2.75, 3.05) is 37.7 Å². The topological polar surface area (TPSA) is 61.9 Å². The number of rotatable bonds is 4. The molecule has 0 radical (unpaired) electrons. The van der Waals surface area contributed by atoms with Gasteiger partial charge in [-0.15, -0.1) is 0 Å². The number of ether oxygens (including phenoxy) is 1. The number of nitrogens with one attached hydrogen (secondary N) is 1. The third-order valence-electron chi connectivity index (χ3n) is 5.49. The van der Waals surface area contributed by atoms with E-state index < -0.39 is 0 Å². The van der Waals surface area contributed by atoms with Crippen LogP contribution in [0.2, 0.25) is 0 Å². The number of amides is 2. The summed E-state index contributed by atoms with van der Waals surface area (Å²) >= 11 is 0. The van der Waals surface area contributed by atoms with Gasteiger partial charge < -0.3 is 19.9 Å². The number of hydrogen-bond acceptors (Lipinski definition) is 4. The molecule has 1 saturated carbocycles. The molecule has 3 rings (SSSR count). The minimum absolute atomic E-state index is 0.0558. The van der Waals surface area contributed by atoms with E-state index in [1.165, 1.54) is 25.7 Å². The zero-order chi connectivity index (χ0) is 19.1. The fraction of sp³-hybridized carbons (Fsp3) is 0.619. The first-order chi connectivity index (χ1) is 13.2. The highest BCUT2D eigenvalue weighted by molar-refractivity contribution is 5.96. The van der Waals surface area contributed by atoms with Crippen molar-refractivity contribution in [1.29, 1.82) is 0 Å². The summed E-state index contributed by atoms with van der Waals surface area (Å²) in [6, 6.07) is 7.92. The molecule has 0 spiro atoms. The average Bonchev–Trinajstić information content (AvgIpc) is 2.97. The molecule has 1 aromatic carbocycles. The van der Waals surface area contributed by atoms with E-state index in [9.17, 15) is 9.59 Å².